The van der Waals surface area contributed by atoms with Gasteiger partial charge in [-0.1, -0.05) is 0 Å². The molecule has 0 fully saturated rings. The van der Waals surface area contributed by atoms with E-state index in [9.17, 15) is 4.79 Å². The Labute approximate surface area is 83.1 Å². The fourth-order valence-corrected chi connectivity index (χ4v) is 1.37. The van der Waals surface area contributed by atoms with Gasteiger partial charge in [-0.2, -0.15) is 0 Å². The zero-order valence-corrected chi connectivity index (χ0v) is 8.49. The highest BCUT2D eigenvalue weighted by atomic mass is 16.5. The molecule has 0 aliphatic carbocycles. The van der Waals surface area contributed by atoms with Crippen molar-refractivity contribution in [3.05, 3.63) is 23.5 Å². The van der Waals surface area contributed by atoms with Crippen molar-refractivity contribution in [3.8, 4) is 0 Å². The van der Waals surface area contributed by atoms with Gasteiger partial charge in [-0.15, -0.1) is 0 Å². The zero-order chi connectivity index (χ0) is 10.6. The quantitative estimate of drug-likeness (QED) is 0.728. The molecule has 0 spiro atoms. The molecule has 0 aliphatic heterocycles. The van der Waals surface area contributed by atoms with Gasteiger partial charge in [0.1, 0.15) is 5.69 Å². The average molecular weight is 197 g/mol. The number of ether oxygens (including phenoxy) is 1. The molecule has 1 N–H and O–H groups in total. The van der Waals surface area contributed by atoms with Crippen LogP contribution in [0.25, 0.3) is 0 Å². The Morgan fingerprint density at radius 2 is 2.36 bits per heavy atom. The fourth-order valence-electron chi connectivity index (χ4n) is 1.37. The molecule has 0 bridgehead atoms. The molecule has 0 aromatic carbocycles. The van der Waals surface area contributed by atoms with Gasteiger partial charge in [0.25, 0.3) is 0 Å². The monoisotopic (exact) mass is 197 g/mol. The summed E-state index contributed by atoms with van der Waals surface area (Å²) in [5.74, 6) is -0.885. The normalized spacial score (nSPS) is 10.4. The van der Waals surface area contributed by atoms with Gasteiger partial charge < -0.3 is 14.4 Å². The lowest BCUT2D eigenvalue weighted by atomic mass is 10.3. The van der Waals surface area contributed by atoms with Gasteiger partial charge in [0.15, 0.2) is 0 Å². The molecule has 78 valence electrons. The van der Waals surface area contributed by atoms with Gasteiger partial charge in [0.2, 0.25) is 0 Å². The molecular formula is C10H15NO3. The van der Waals surface area contributed by atoms with Crippen LogP contribution in [0, 0.1) is 6.92 Å². The van der Waals surface area contributed by atoms with E-state index in [4.69, 9.17) is 9.84 Å². The molecule has 14 heavy (non-hydrogen) atoms. The molecule has 0 saturated carbocycles. The van der Waals surface area contributed by atoms with E-state index in [-0.39, 0.29) is 0 Å². The first-order chi connectivity index (χ1) is 6.66. The number of carbonyl (C=O) groups is 1. The number of nitrogens with zero attached hydrogens (tertiary/aromatic N) is 1. The summed E-state index contributed by atoms with van der Waals surface area (Å²) in [5, 5.41) is 8.93. The van der Waals surface area contributed by atoms with E-state index in [1.807, 2.05) is 6.92 Å². The number of carboxylic acid groups (broad SMARTS) is 1. The molecule has 4 heteroatoms. The number of aryl methyl sites for hydroxylation is 1. The molecule has 1 aromatic rings. The van der Waals surface area contributed by atoms with Crippen molar-refractivity contribution < 1.29 is 14.6 Å². The Morgan fingerprint density at radius 1 is 1.64 bits per heavy atom. The molecule has 0 saturated heterocycles. The molecule has 4 nitrogen and oxygen atoms in total. The lowest BCUT2D eigenvalue weighted by molar-refractivity contribution is 0.0680. The van der Waals surface area contributed by atoms with Crippen molar-refractivity contribution in [2.24, 2.45) is 0 Å². The maximum absolute atomic E-state index is 10.9. The maximum Gasteiger partial charge on any atom is 0.352 e. The van der Waals surface area contributed by atoms with E-state index >= 15 is 0 Å². The number of hydrogen-bond acceptors (Lipinski definition) is 2. The van der Waals surface area contributed by atoms with Crippen LogP contribution in [0.5, 0.6) is 0 Å². The third-order valence-electron chi connectivity index (χ3n) is 2.05. The Bertz CT molecular complexity index is 317. The van der Waals surface area contributed by atoms with Crippen molar-refractivity contribution >= 4 is 5.97 Å². The minimum Gasteiger partial charge on any atom is -0.477 e. The van der Waals surface area contributed by atoms with Gasteiger partial charge in [-0.05, 0) is 25.5 Å². The molecule has 1 heterocycles. The Morgan fingerprint density at radius 3 is 2.93 bits per heavy atom. The number of hydrogen-bond donors (Lipinski definition) is 1. The minimum absolute atomic E-state index is 0.352. The predicted molar refractivity (Wildman–Crippen MR) is 52.6 cm³/mol. The van der Waals surface area contributed by atoms with E-state index in [2.05, 4.69) is 0 Å². The van der Waals surface area contributed by atoms with Crippen molar-refractivity contribution in [1.29, 1.82) is 0 Å². The van der Waals surface area contributed by atoms with E-state index in [0.717, 1.165) is 5.56 Å². The van der Waals surface area contributed by atoms with Crippen LogP contribution in [0.4, 0.5) is 0 Å². The second-order valence-electron chi connectivity index (χ2n) is 3.04. The van der Waals surface area contributed by atoms with Gasteiger partial charge in [0.05, 0.1) is 6.61 Å². The number of carboxylic acids is 1. The van der Waals surface area contributed by atoms with Gasteiger partial charge >= 0.3 is 5.97 Å². The summed E-state index contributed by atoms with van der Waals surface area (Å²) >= 11 is 0. The van der Waals surface area contributed by atoms with Gasteiger partial charge in [0, 0.05) is 19.3 Å². The largest absolute Gasteiger partial charge is 0.477 e. The topological polar surface area (TPSA) is 51.5 Å². The summed E-state index contributed by atoms with van der Waals surface area (Å²) in [6.45, 7) is 5.50. The molecular weight excluding hydrogens is 182 g/mol. The highest BCUT2D eigenvalue weighted by Gasteiger charge is 2.12. The highest BCUT2D eigenvalue weighted by Crippen LogP contribution is 2.09. The summed E-state index contributed by atoms with van der Waals surface area (Å²) in [6, 6.07) is 1.80. The Hall–Kier alpha value is -1.29. The second-order valence-corrected chi connectivity index (χ2v) is 3.04. The molecule has 0 radical (unpaired) electrons. The van der Waals surface area contributed by atoms with Crippen molar-refractivity contribution in [1.82, 2.24) is 4.57 Å². The molecule has 0 aliphatic rings. The highest BCUT2D eigenvalue weighted by molar-refractivity contribution is 5.87. The summed E-state index contributed by atoms with van der Waals surface area (Å²) in [6.07, 6.45) is 1.78. The maximum atomic E-state index is 10.9. The molecule has 1 rings (SSSR count). The summed E-state index contributed by atoms with van der Waals surface area (Å²) in [7, 11) is 0. The standard InChI is InChI=1S/C10H15NO3/c1-3-14-7-6-11-5-4-8(2)9(11)10(12)13/h4-5H,3,6-7H2,1-2H3,(H,12,13). The van der Waals surface area contributed by atoms with Crippen LogP contribution in [-0.4, -0.2) is 28.9 Å². The van der Waals surface area contributed by atoms with E-state index < -0.39 is 5.97 Å². The van der Waals surface area contributed by atoms with Crippen LogP contribution >= 0.6 is 0 Å². The first-order valence-electron chi connectivity index (χ1n) is 4.63. The lowest BCUT2D eigenvalue weighted by Crippen LogP contribution is -2.12. The van der Waals surface area contributed by atoms with Crippen molar-refractivity contribution in [2.75, 3.05) is 13.2 Å². The van der Waals surface area contributed by atoms with Crippen LogP contribution in [0.15, 0.2) is 12.3 Å². The van der Waals surface area contributed by atoms with Crippen LogP contribution in [0.3, 0.4) is 0 Å². The first kappa shape index (κ1) is 10.8. The molecule has 1 aromatic heterocycles. The third-order valence-corrected chi connectivity index (χ3v) is 2.05. The zero-order valence-electron chi connectivity index (χ0n) is 8.49. The van der Waals surface area contributed by atoms with Gasteiger partial charge in [-0.25, -0.2) is 4.79 Å². The van der Waals surface area contributed by atoms with Gasteiger partial charge in [-0.3, -0.25) is 0 Å². The number of rotatable bonds is 5. The van der Waals surface area contributed by atoms with Crippen LogP contribution in [0.1, 0.15) is 23.0 Å². The third kappa shape index (κ3) is 2.35. The van der Waals surface area contributed by atoms with Crippen LogP contribution in [-0.2, 0) is 11.3 Å². The smallest absolute Gasteiger partial charge is 0.352 e. The van der Waals surface area contributed by atoms with Crippen molar-refractivity contribution in [2.45, 2.75) is 20.4 Å². The average Bonchev–Trinajstić information content (AvgIpc) is 2.47. The number of aromatic carboxylic acids is 1. The SMILES string of the molecule is CCOCCn1ccc(C)c1C(=O)O. The molecule has 0 atom stereocenters. The van der Waals surface area contributed by atoms with E-state index in [1.165, 1.54) is 0 Å². The summed E-state index contributed by atoms with van der Waals surface area (Å²) < 4.78 is 6.87. The Balaban J connectivity index is 2.71. The van der Waals surface area contributed by atoms with E-state index in [0.29, 0.717) is 25.5 Å². The molecule has 0 unspecified atom stereocenters. The summed E-state index contributed by atoms with van der Waals surface area (Å²) in [5.41, 5.74) is 1.14. The van der Waals surface area contributed by atoms with Crippen molar-refractivity contribution in [3.63, 3.8) is 0 Å². The summed E-state index contributed by atoms with van der Waals surface area (Å²) in [4.78, 5) is 10.9. The second kappa shape index (κ2) is 4.81. The lowest BCUT2D eigenvalue weighted by Gasteiger charge is -2.06. The minimum atomic E-state index is -0.885. The predicted octanol–water partition coefficient (Wildman–Crippen LogP) is 1.53. The number of aromatic nitrogens is 1. The van der Waals surface area contributed by atoms with E-state index in [1.54, 1.807) is 23.8 Å². The first-order valence-corrected chi connectivity index (χ1v) is 4.63. The van der Waals surface area contributed by atoms with Crippen LogP contribution < -0.4 is 0 Å². The Kier molecular flexibility index (Phi) is 3.71. The molecule has 0 amide bonds. The fraction of sp³-hybridized carbons (Fsp3) is 0.500. The van der Waals surface area contributed by atoms with Crippen LogP contribution in [0.2, 0.25) is 0 Å².